The molecule has 1 aromatic heterocycles. The molecule has 0 atom stereocenters. The SMILES string of the molecule is CC(C)c1ccnc(NCc2ccc(C(F)(F)F)cc2)n1. The standard InChI is InChI=1S/C15H16F3N3/c1-10(2)13-7-8-19-14(21-13)20-9-11-3-5-12(6-4-11)15(16,17)18/h3-8,10H,9H2,1-2H3,(H,19,20,21). The van der Waals surface area contributed by atoms with Gasteiger partial charge in [-0.15, -0.1) is 0 Å². The van der Waals surface area contributed by atoms with Crippen molar-refractivity contribution in [3.63, 3.8) is 0 Å². The molecule has 6 heteroatoms. The Labute approximate surface area is 121 Å². The fourth-order valence-corrected chi connectivity index (χ4v) is 1.77. The monoisotopic (exact) mass is 295 g/mol. The lowest BCUT2D eigenvalue weighted by Gasteiger charge is -2.10. The maximum absolute atomic E-state index is 12.5. The highest BCUT2D eigenvalue weighted by Crippen LogP contribution is 2.29. The van der Waals surface area contributed by atoms with E-state index in [0.29, 0.717) is 18.4 Å². The lowest BCUT2D eigenvalue weighted by molar-refractivity contribution is -0.137. The van der Waals surface area contributed by atoms with Crippen LogP contribution in [0.3, 0.4) is 0 Å². The zero-order chi connectivity index (χ0) is 15.5. The Bertz CT molecular complexity index is 592. The minimum absolute atomic E-state index is 0.291. The molecule has 1 N–H and O–H groups in total. The van der Waals surface area contributed by atoms with Gasteiger partial charge < -0.3 is 5.32 Å². The number of alkyl halides is 3. The van der Waals surface area contributed by atoms with E-state index in [0.717, 1.165) is 23.4 Å². The largest absolute Gasteiger partial charge is 0.416 e. The van der Waals surface area contributed by atoms with E-state index in [1.165, 1.54) is 12.1 Å². The predicted octanol–water partition coefficient (Wildman–Crippen LogP) is 4.23. The molecule has 1 aromatic carbocycles. The third kappa shape index (κ3) is 4.18. The van der Waals surface area contributed by atoms with Crippen molar-refractivity contribution >= 4 is 5.95 Å². The number of anilines is 1. The Morgan fingerprint density at radius 3 is 2.33 bits per heavy atom. The summed E-state index contributed by atoms with van der Waals surface area (Å²) < 4.78 is 37.4. The fourth-order valence-electron chi connectivity index (χ4n) is 1.77. The Morgan fingerprint density at radius 1 is 1.10 bits per heavy atom. The van der Waals surface area contributed by atoms with E-state index in [2.05, 4.69) is 15.3 Å². The van der Waals surface area contributed by atoms with Gasteiger partial charge in [0.2, 0.25) is 5.95 Å². The first-order valence-corrected chi connectivity index (χ1v) is 6.59. The van der Waals surface area contributed by atoms with Gasteiger partial charge in [-0.2, -0.15) is 13.2 Å². The van der Waals surface area contributed by atoms with Crippen LogP contribution in [0.15, 0.2) is 36.5 Å². The van der Waals surface area contributed by atoms with Gasteiger partial charge in [-0.1, -0.05) is 26.0 Å². The van der Waals surface area contributed by atoms with Crippen LogP contribution in [0.4, 0.5) is 19.1 Å². The van der Waals surface area contributed by atoms with Crippen molar-refractivity contribution in [3.8, 4) is 0 Å². The fraction of sp³-hybridized carbons (Fsp3) is 0.333. The second kappa shape index (κ2) is 6.11. The number of benzene rings is 1. The van der Waals surface area contributed by atoms with Crippen LogP contribution < -0.4 is 5.32 Å². The first-order valence-electron chi connectivity index (χ1n) is 6.59. The summed E-state index contributed by atoms with van der Waals surface area (Å²) in [6, 6.07) is 6.88. The molecule has 0 aliphatic rings. The molecule has 0 fully saturated rings. The van der Waals surface area contributed by atoms with E-state index >= 15 is 0 Å². The van der Waals surface area contributed by atoms with E-state index in [4.69, 9.17) is 0 Å². The predicted molar refractivity (Wildman–Crippen MR) is 74.9 cm³/mol. The van der Waals surface area contributed by atoms with Crippen molar-refractivity contribution in [3.05, 3.63) is 53.3 Å². The van der Waals surface area contributed by atoms with Gasteiger partial charge in [0.15, 0.2) is 0 Å². The molecule has 21 heavy (non-hydrogen) atoms. The Balaban J connectivity index is 2.01. The number of halogens is 3. The third-order valence-electron chi connectivity index (χ3n) is 3.00. The van der Waals surface area contributed by atoms with Crippen LogP contribution in [0, 0.1) is 0 Å². The highest BCUT2D eigenvalue weighted by Gasteiger charge is 2.29. The molecule has 0 bridgehead atoms. The molecular weight excluding hydrogens is 279 g/mol. The van der Waals surface area contributed by atoms with E-state index in [1.807, 2.05) is 19.9 Å². The molecule has 1 heterocycles. The van der Waals surface area contributed by atoms with Crippen molar-refractivity contribution in [1.29, 1.82) is 0 Å². The van der Waals surface area contributed by atoms with Crippen LogP contribution >= 0.6 is 0 Å². The zero-order valence-corrected chi connectivity index (χ0v) is 11.8. The molecule has 2 rings (SSSR count). The van der Waals surface area contributed by atoms with Crippen LogP contribution in [-0.2, 0) is 12.7 Å². The van der Waals surface area contributed by atoms with Crippen molar-refractivity contribution in [2.45, 2.75) is 32.5 Å². The molecule has 0 aliphatic heterocycles. The van der Waals surface area contributed by atoms with Gasteiger partial charge in [0.25, 0.3) is 0 Å². The van der Waals surface area contributed by atoms with Gasteiger partial charge in [-0.25, -0.2) is 9.97 Å². The normalized spacial score (nSPS) is 11.7. The number of hydrogen-bond acceptors (Lipinski definition) is 3. The average molecular weight is 295 g/mol. The van der Waals surface area contributed by atoms with Gasteiger partial charge in [0.1, 0.15) is 0 Å². The summed E-state index contributed by atoms with van der Waals surface area (Å²) in [6.07, 6.45) is -2.64. The summed E-state index contributed by atoms with van der Waals surface area (Å²) in [4.78, 5) is 8.43. The molecule has 0 amide bonds. The summed E-state index contributed by atoms with van der Waals surface area (Å²) >= 11 is 0. The third-order valence-corrected chi connectivity index (χ3v) is 3.00. The molecule has 3 nitrogen and oxygen atoms in total. The van der Waals surface area contributed by atoms with Gasteiger partial charge in [0, 0.05) is 18.4 Å². The first-order chi connectivity index (χ1) is 9.86. The van der Waals surface area contributed by atoms with Gasteiger partial charge >= 0.3 is 6.18 Å². The zero-order valence-electron chi connectivity index (χ0n) is 11.8. The van der Waals surface area contributed by atoms with Crippen molar-refractivity contribution in [2.75, 3.05) is 5.32 Å². The van der Waals surface area contributed by atoms with E-state index in [-0.39, 0.29) is 0 Å². The molecule has 0 saturated carbocycles. The quantitative estimate of drug-likeness (QED) is 0.917. The van der Waals surface area contributed by atoms with E-state index in [9.17, 15) is 13.2 Å². The van der Waals surface area contributed by atoms with Gasteiger partial charge in [-0.05, 0) is 29.7 Å². The van der Waals surface area contributed by atoms with Crippen LogP contribution in [0.2, 0.25) is 0 Å². The van der Waals surface area contributed by atoms with Crippen LogP contribution in [0.5, 0.6) is 0 Å². The lowest BCUT2D eigenvalue weighted by atomic mass is 10.1. The van der Waals surface area contributed by atoms with E-state index in [1.54, 1.807) is 6.20 Å². The average Bonchev–Trinajstić information content (AvgIpc) is 2.45. The second-order valence-corrected chi connectivity index (χ2v) is 5.01. The molecule has 112 valence electrons. The Kier molecular flexibility index (Phi) is 4.45. The van der Waals surface area contributed by atoms with E-state index < -0.39 is 11.7 Å². The first kappa shape index (κ1) is 15.3. The lowest BCUT2D eigenvalue weighted by Crippen LogP contribution is -2.07. The Morgan fingerprint density at radius 2 is 1.76 bits per heavy atom. The topological polar surface area (TPSA) is 37.8 Å². The van der Waals surface area contributed by atoms with Crippen LogP contribution in [-0.4, -0.2) is 9.97 Å². The summed E-state index contributed by atoms with van der Waals surface area (Å²) in [5, 5.41) is 3.01. The van der Waals surface area contributed by atoms with Crippen molar-refractivity contribution < 1.29 is 13.2 Å². The van der Waals surface area contributed by atoms with Gasteiger partial charge in [-0.3, -0.25) is 0 Å². The summed E-state index contributed by atoms with van der Waals surface area (Å²) in [6.45, 7) is 4.43. The molecule has 0 radical (unpaired) electrons. The van der Waals surface area contributed by atoms with Crippen LogP contribution in [0.1, 0.15) is 36.6 Å². The van der Waals surface area contributed by atoms with Gasteiger partial charge in [0.05, 0.1) is 5.56 Å². The summed E-state index contributed by atoms with van der Waals surface area (Å²) in [5.41, 5.74) is 1.01. The maximum Gasteiger partial charge on any atom is 0.416 e. The highest BCUT2D eigenvalue weighted by molar-refractivity contribution is 5.31. The number of aromatic nitrogens is 2. The minimum Gasteiger partial charge on any atom is -0.350 e. The Hall–Kier alpha value is -2.11. The molecule has 0 saturated heterocycles. The number of nitrogens with zero attached hydrogens (tertiary/aromatic N) is 2. The van der Waals surface area contributed by atoms with Crippen molar-refractivity contribution in [1.82, 2.24) is 9.97 Å². The molecule has 0 spiro atoms. The molecular formula is C15H16F3N3. The number of nitrogens with one attached hydrogen (secondary N) is 1. The maximum atomic E-state index is 12.5. The molecule has 2 aromatic rings. The van der Waals surface area contributed by atoms with Crippen LogP contribution in [0.25, 0.3) is 0 Å². The molecule has 0 unspecified atom stereocenters. The summed E-state index contributed by atoms with van der Waals surface area (Å²) in [7, 11) is 0. The highest BCUT2D eigenvalue weighted by atomic mass is 19.4. The minimum atomic E-state index is -4.30. The smallest absolute Gasteiger partial charge is 0.350 e. The van der Waals surface area contributed by atoms with Crippen molar-refractivity contribution in [2.24, 2.45) is 0 Å². The number of rotatable bonds is 4. The number of hydrogen-bond donors (Lipinski definition) is 1. The molecule has 0 aliphatic carbocycles. The second-order valence-electron chi connectivity index (χ2n) is 5.01. The summed E-state index contributed by atoms with van der Waals surface area (Å²) in [5.74, 6) is 0.765.